The second-order valence-electron chi connectivity index (χ2n) is 3.43. The van der Waals surface area contributed by atoms with Crippen LogP contribution in [0.3, 0.4) is 0 Å². The van der Waals surface area contributed by atoms with Crippen molar-refractivity contribution in [3.63, 3.8) is 0 Å². The Morgan fingerprint density at radius 2 is 2.41 bits per heavy atom. The van der Waals surface area contributed by atoms with Crippen LogP contribution in [0.2, 0.25) is 0 Å². The molecule has 1 saturated heterocycles. The van der Waals surface area contributed by atoms with E-state index in [-0.39, 0.29) is 12.5 Å². The largest absolute Gasteiger partial charge is 0.465 e. The number of nitrogens with zero attached hydrogens (tertiary/aromatic N) is 1. The Hall–Kier alpha value is -1.11. The Balaban J connectivity index is 2.13. The van der Waals surface area contributed by atoms with Crippen molar-refractivity contribution >= 4 is 40.3 Å². The van der Waals surface area contributed by atoms with Crippen LogP contribution in [-0.4, -0.2) is 33.4 Å². The monoisotopic (exact) mass is 269 g/mol. The minimum atomic E-state index is -0.121. The minimum absolute atomic E-state index is 0.0499. The fourth-order valence-corrected chi connectivity index (χ4v) is 2.71. The Morgan fingerprint density at radius 3 is 3.06 bits per heavy atom. The van der Waals surface area contributed by atoms with E-state index >= 15 is 0 Å². The van der Waals surface area contributed by atoms with Crippen molar-refractivity contribution in [1.82, 2.24) is 4.90 Å². The molecular formula is C11H11NO3S2. The normalized spacial score (nSPS) is 18.4. The molecule has 0 aromatic carbocycles. The summed E-state index contributed by atoms with van der Waals surface area (Å²) < 4.78 is 5.68. The lowest BCUT2D eigenvalue weighted by Crippen LogP contribution is -2.29. The zero-order chi connectivity index (χ0) is 12.3. The molecule has 4 nitrogen and oxygen atoms in total. The van der Waals surface area contributed by atoms with Gasteiger partial charge in [-0.15, -0.1) is 0 Å². The molecule has 1 aromatic rings. The molecule has 1 fully saturated rings. The number of aliphatic hydroxyl groups excluding tert-OH is 1. The van der Waals surface area contributed by atoms with Gasteiger partial charge in [0.2, 0.25) is 0 Å². The van der Waals surface area contributed by atoms with Crippen molar-refractivity contribution in [3.8, 4) is 0 Å². The second kappa shape index (κ2) is 5.48. The van der Waals surface area contributed by atoms with E-state index in [0.717, 1.165) is 0 Å². The minimum Gasteiger partial charge on any atom is -0.465 e. The molecule has 1 N–H and O–H groups in total. The predicted molar refractivity (Wildman–Crippen MR) is 70.3 cm³/mol. The molecule has 0 aliphatic carbocycles. The van der Waals surface area contributed by atoms with Gasteiger partial charge in [0.05, 0.1) is 11.2 Å². The van der Waals surface area contributed by atoms with Crippen LogP contribution in [0.5, 0.6) is 0 Å². The molecule has 0 radical (unpaired) electrons. The average molecular weight is 269 g/mol. The molecule has 0 atom stereocenters. The van der Waals surface area contributed by atoms with Gasteiger partial charge in [0.1, 0.15) is 10.1 Å². The van der Waals surface area contributed by atoms with Gasteiger partial charge in [-0.3, -0.25) is 9.69 Å². The highest BCUT2D eigenvalue weighted by Crippen LogP contribution is 2.32. The number of aliphatic hydroxyl groups is 1. The summed E-state index contributed by atoms with van der Waals surface area (Å²) in [7, 11) is 0. The molecule has 0 bridgehead atoms. The maximum atomic E-state index is 12.0. The SMILES string of the molecule is O=C1/C(=C/c2ccco2)SC(=S)N1CCCO. The summed E-state index contributed by atoms with van der Waals surface area (Å²) in [4.78, 5) is 14.0. The van der Waals surface area contributed by atoms with E-state index in [0.29, 0.717) is 28.0 Å². The van der Waals surface area contributed by atoms with Crippen LogP contribution >= 0.6 is 24.0 Å². The predicted octanol–water partition coefficient (Wildman–Crippen LogP) is 1.86. The summed E-state index contributed by atoms with van der Waals surface area (Å²) in [5.74, 6) is 0.512. The second-order valence-corrected chi connectivity index (χ2v) is 5.10. The van der Waals surface area contributed by atoms with E-state index in [9.17, 15) is 4.79 Å². The van der Waals surface area contributed by atoms with E-state index in [2.05, 4.69) is 0 Å². The van der Waals surface area contributed by atoms with Crippen LogP contribution in [0.15, 0.2) is 27.7 Å². The summed E-state index contributed by atoms with van der Waals surface area (Å²) >= 11 is 6.38. The highest BCUT2D eigenvalue weighted by atomic mass is 32.2. The molecule has 1 aliphatic rings. The zero-order valence-electron chi connectivity index (χ0n) is 8.96. The van der Waals surface area contributed by atoms with Crippen molar-refractivity contribution in [2.24, 2.45) is 0 Å². The highest BCUT2D eigenvalue weighted by molar-refractivity contribution is 8.26. The number of furan rings is 1. The smallest absolute Gasteiger partial charge is 0.266 e. The van der Waals surface area contributed by atoms with Crippen LogP contribution in [0.1, 0.15) is 12.2 Å². The van der Waals surface area contributed by atoms with Crippen LogP contribution in [0.25, 0.3) is 6.08 Å². The maximum Gasteiger partial charge on any atom is 0.266 e. The van der Waals surface area contributed by atoms with Crippen LogP contribution in [-0.2, 0) is 4.79 Å². The van der Waals surface area contributed by atoms with Gasteiger partial charge in [-0.25, -0.2) is 0 Å². The third-order valence-corrected chi connectivity index (χ3v) is 3.61. The number of amides is 1. The Kier molecular flexibility index (Phi) is 3.98. The van der Waals surface area contributed by atoms with Gasteiger partial charge in [-0.1, -0.05) is 24.0 Å². The number of thiocarbonyl (C=S) groups is 1. The molecule has 1 amide bonds. The number of carbonyl (C=O) groups excluding carboxylic acids is 1. The molecule has 2 heterocycles. The van der Waals surface area contributed by atoms with Crippen LogP contribution < -0.4 is 0 Å². The van der Waals surface area contributed by atoms with Gasteiger partial charge in [0.15, 0.2) is 0 Å². The van der Waals surface area contributed by atoms with Crippen molar-refractivity contribution in [2.45, 2.75) is 6.42 Å². The molecule has 0 spiro atoms. The van der Waals surface area contributed by atoms with E-state index in [1.54, 1.807) is 24.5 Å². The molecule has 1 aromatic heterocycles. The zero-order valence-corrected chi connectivity index (χ0v) is 10.6. The van der Waals surface area contributed by atoms with E-state index < -0.39 is 0 Å². The molecule has 90 valence electrons. The molecule has 1 aliphatic heterocycles. The lowest BCUT2D eigenvalue weighted by atomic mass is 10.3. The van der Waals surface area contributed by atoms with Crippen molar-refractivity contribution < 1.29 is 14.3 Å². The van der Waals surface area contributed by atoms with Gasteiger partial charge in [-0.05, 0) is 18.6 Å². The average Bonchev–Trinajstić information content (AvgIpc) is 2.89. The lowest BCUT2D eigenvalue weighted by Gasteiger charge is -2.12. The first-order valence-corrected chi connectivity index (χ1v) is 6.34. The summed E-state index contributed by atoms with van der Waals surface area (Å²) in [5.41, 5.74) is 0. The number of carbonyl (C=O) groups is 1. The molecule has 17 heavy (non-hydrogen) atoms. The number of rotatable bonds is 4. The Bertz CT molecular complexity index is 453. The Morgan fingerprint density at radius 1 is 1.59 bits per heavy atom. The summed E-state index contributed by atoms with van der Waals surface area (Å²) in [6.07, 6.45) is 3.76. The van der Waals surface area contributed by atoms with Crippen LogP contribution in [0, 0.1) is 0 Å². The van der Waals surface area contributed by atoms with E-state index in [1.165, 1.54) is 16.7 Å². The molecular weight excluding hydrogens is 258 g/mol. The lowest BCUT2D eigenvalue weighted by molar-refractivity contribution is -0.122. The van der Waals surface area contributed by atoms with Gasteiger partial charge in [-0.2, -0.15) is 0 Å². The van der Waals surface area contributed by atoms with Gasteiger partial charge in [0, 0.05) is 19.2 Å². The number of hydrogen-bond donors (Lipinski definition) is 1. The highest BCUT2D eigenvalue weighted by Gasteiger charge is 2.31. The first-order valence-electron chi connectivity index (χ1n) is 5.12. The number of thioether (sulfide) groups is 1. The third kappa shape index (κ3) is 2.77. The first-order chi connectivity index (χ1) is 8.22. The topological polar surface area (TPSA) is 53.7 Å². The number of hydrogen-bond acceptors (Lipinski definition) is 5. The fraction of sp³-hybridized carbons (Fsp3) is 0.273. The maximum absolute atomic E-state index is 12.0. The summed E-state index contributed by atoms with van der Waals surface area (Å²) in [6.45, 7) is 0.505. The molecule has 0 saturated carbocycles. The molecule has 0 unspecified atom stereocenters. The molecule has 6 heteroatoms. The fourth-order valence-electron chi connectivity index (χ4n) is 1.42. The van der Waals surface area contributed by atoms with E-state index in [4.69, 9.17) is 21.7 Å². The third-order valence-electron chi connectivity index (χ3n) is 2.23. The Labute approximate surface area is 108 Å². The standard InChI is InChI=1S/C11H11NO3S2/c13-5-2-4-12-10(14)9(17-11(12)16)7-8-3-1-6-15-8/h1,3,6-7,13H,2,4-5H2/b9-7-. The van der Waals surface area contributed by atoms with Gasteiger partial charge >= 0.3 is 0 Å². The summed E-state index contributed by atoms with van der Waals surface area (Å²) in [6, 6.07) is 3.54. The first kappa shape index (κ1) is 12.3. The van der Waals surface area contributed by atoms with Gasteiger partial charge in [0.25, 0.3) is 5.91 Å². The quantitative estimate of drug-likeness (QED) is 0.668. The van der Waals surface area contributed by atoms with Crippen molar-refractivity contribution in [1.29, 1.82) is 0 Å². The van der Waals surface area contributed by atoms with Crippen molar-refractivity contribution in [3.05, 3.63) is 29.1 Å². The molecule has 2 rings (SSSR count). The van der Waals surface area contributed by atoms with E-state index in [1.807, 2.05) is 0 Å². The summed E-state index contributed by atoms with van der Waals surface area (Å²) in [5, 5.41) is 8.75. The van der Waals surface area contributed by atoms with Crippen LogP contribution in [0.4, 0.5) is 0 Å². The van der Waals surface area contributed by atoms with Crippen molar-refractivity contribution in [2.75, 3.05) is 13.2 Å². The van der Waals surface area contributed by atoms with Gasteiger partial charge < -0.3 is 9.52 Å².